The number of rotatable bonds is 11. The third-order valence-electron chi connectivity index (χ3n) is 5.96. The number of halogens is 3. The van der Waals surface area contributed by atoms with Crippen molar-refractivity contribution in [1.29, 1.82) is 0 Å². The van der Waals surface area contributed by atoms with Gasteiger partial charge >= 0.3 is 12.1 Å². The van der Waals surface area contributed by atoms with Crippen LogP contribution in [0.25, 0.3) is 22.1 Å². The van der Waals surface area contributed by atoms with Gasteiger partial charge in [-0.1, -0.05) is 36.4 Å². The van der Waals surface area contributed by atoms with Gasteiger partial charge in [-0.15, -0.1) is 0 Å². The van der Waals surface area contributed by atoms with E-state index in [0.29, 0.717) is 35.6 Å². The molecular formula is C29H29F3N2O4. The molecule has 0 spiro atoms. The number of carbonyl (C=O) groups excluding carboxylic acids is 1. The van der Waals surface area contributed by atoms with Crippen LogP contribution in [0.3, 0.4) is 0 Å². The Bertz CT molecular complexity index is 1400. The van der Waals surface area contributed by atoms with E-state index in [1.165, 1.54) is 0 Å². The highest BCUT2D eigenvalue weighted by atomic mass is 19.4. The zero-order chi connectivity index (χ0) is 27.1. The fraction of sp³-hybridized carbons (Fsp3) is 0.276. The van der Waals surface area contributed by atoms with E-state index in [4.69, 9.17) is 19.6 Å². The van der Waals surface area contributed by atoms with Crippen LogP contribution in [0.1, 0.15) is 29.2 Å². The maximum absolute atomic E-state index is 12.8. The SMILES string of the molecule is CCOC(=O)Cc1ccccc1OCc1coc2c(CNCC(F)(F)F)cc(-c3cccc(CN)c3)cc12. The highest BCUT2D eigenvalue weighted by Crippen LogP contribution is 2.33. The summed E-state index contributed by atoms with van der Waals surface area (Å²) in [6, 6.07) is 18.6. The summed E-state index contributed by atoms with van der Waals surface area (Å²) in [7, 11) is 0. The lowest BCUT2D eigenvalue weighted by atomic mass is 9.98. The monoisotopic (exact) mass is 526 g/mol. The van der Waals surface area contributed by atoms with Gasteiger partial charge in [-0.25, -0.2) is 0 Å². The van der Waals surface area contributed by atoms with Crippen LogP contribution >= 0.6 is 0 Å². The summed E-state index contributed by atoms with van der Waals surface area (Å²) in [6.07, 6.45) is -2.70. The van der Waals surface area contributed by atoms with Gasteiger partial charge in [-0.2, -0.15) is 13.2 Å². The Morgan fingerprint density at radius 3 is 2.58 bits per heavy atom. The zero-order valence-corrected chi connectivity index (χ0v) is 20.9. The van der Waals surface area contributed by atoms with Crippen molar-refractivity contribution in [3.8, 4) is 16.9 Å². The van der Waals surface area contributed by atoms with E-state index < -0.39 is 12.7 Å². The van der Waals surface area contributed by atoms with Gasteiger partial charge in [0.1, 0.15) is 17.9 Å². The summed E-state index contributed by atoms with van der Waals surface area (Å²) in [6.45, 7) is 1.39. The topological polar surface area (TPSA) is 86.7 Å². The number of furan rings is 1. The van der Waals surface area contributed by atoms with Gasteiger partial charge in [0.05, 0.1) is 25.8 Å². The first-order valence-electron chi connectivity index (χ1n) is 12.2. The Labute approximate surface area is 218 Å². The lowest BCUT2D eigenvalue weighted by molar-refractivity contribution is -0.142. The average Bonchev–Trinajstić information content (AvgIpc) is 3.30. The molecule has 0 amide bonds. The molecule has 0 fully saturated rings. The first-order valence-corrected chi connectivity index (χ1v) is 12.2. The van der Waals surface area contributed by atoms with E-state index in [2.05, 4.69) is 5.32 Å². The molecule has 0 radical (unpaired) electrons. The van der Waals surface area contributed by atoms with Crippen molar-refractivity contribution >= 4 is 16.9 Å². The number of alkyl halides is 3. The number of carbonyl (C=O) groups is 1. The van der Waals surface area contributed by atoms with E-state index in [1.807, 2.05) is 48.5 Å². The second kappa shape index (κ2) is 12.1. The molecule has 9 heteroatoms. The number of nitrogens with two attached hydrogens (primary N) is 1. The smallest absolute Gasteiger partial charge is 0.401 e. The number of benzene rings is 3. The molecule has 3 N–H and O–H groups in total. The first kappa shape index (κ1) is 27.2. The van der Waals surface area contributed by atoms with Crippen LogP contribution in [-0.2, 0) is 35.6 Å². The van der Waals surface area contributed by atoms with Crippen LogP contribution in [0.2, 0.25) is 0 Å². The van der Waals surface area contributed by atoms with Crippen molar-refractivity contribution in [3.05, 3.63) is 89.2 Å². The van der Waals surface area contributed by atoms with Gasteiger partial charge in [-0.3, -0.25) is 4.79 Å². The first-order chi connectivity index (χ1) is 18.3. The number of hydrogen-bond donors (Lipinski definition) is 2. The van der Waals surface area contributed by atoms with Crippen molar-refractivity contribution in [2.75, 3.05) is 13.2 Å². The predicted molar refractivity (Wildman–Crippen MR) is 138 cm³/mol. The van der Waals surface area contributed by atoms with Crippen molar-refractivity contribution < 1.29 is 31.9 Å². The third-order valence-corrected chi connectivity index (χ3v) is 5.96. The van der Waals surface area contributed by atoms with Crippen LogP contribution in [0.4, 0.5) is 13.2 Å². The Morgan fingerprint density at radius 1 is 1.00 bits per heavy atom. The molecule has 0 bridgehead atoms. The summed E-state index contributed by atoms with van der Waals surface area (Å²) < 4.78 is 55.3. The summed E-state index contributed by atoms with van der Waals surface area (Å²) in [4.78, 5) is 12.0. The van der Waals surface area contributed by atoms with Crippen molar-refractivity contribution in [3.63, 3.8) is 0 Å². The van der Waals surface area contributed by atoms with Crippen molar-refractivity contribution in [2.24, 2.45) is 5.73 Å². The molecule has 1 aromatic heterocycles. The average molecular weight is 527 g/mol. The fourth-order valence-corrected chi connectivity index (χ4v) is 4.20. The van der Waals surface area contributed by atoms with E-state index in [9.17, 15) is 18.0 Å². The number of hydrogen-bond acceptors (Lipinski definition) is 6. The summed E-state index contributed by atoms with van der Waals surface area (Å²) in [5, 5.41) is 3.19. The lowest BCUT2D eigenvalue weighted by Gasteiger charge is -2.12. The largest absolute Gasteiger partial charge is 0.488 e. The van der Waals surface area contributed by atoms with E-state index in [0.717, 1.165) is 27.6 Å². The standard InChI is InChI=1S/C29H29F3N2O4/c1-2-36-27(35)13-21-7-3-4-9-26(21)37-16-24-17-38-28-23(15-34-18-29(30,31)32)11-22(12-25(24)28)20-8-5-6-19(10-20)14-33/h3-12,17,34H,2,13-16,18,33H2,1H3. The van der Waals surface area contributed by atoms with Gasteiger partial charge in [0.15, 0.2) is 0 Å². The summed E-state index contributed by atoms with van der Waals surface area (Å²) >= 11 is 0. The Hall–Kier alpha value is -3.82. The number of nitrogens with one attached hydrogen (secondary N) is 1. The van der Waals surface area contributed by atoms with Gasteiger partial charge < -0.3 is 24.9 Å². The molecule has 4 aromatic rings. The number of esters is 1. The van der Waals surface area contributed by atoms with Crippen LogP contribution in [0.5, 0.6) is 5.75 Å². The van der Waals surface area contributed by atoms with E-state index >= 15 is 0 Å². The minimum Gasteiger partial charge on any atom is -0.488 e. The quantitative estimate of drug-likeness (QED) is 0.237. The molecule has 0 saturated carbocycles. The van der Waals surface area contributed by atoms with Crippen LogP contribution < -0.4 is 15.8 Å². The number of para-hydroxylation sites is 1. The minimum atomic E-state index is -4.33. The molecule has 0 atom stereocenters. The van der Waals surface area contributed by atoms with E-state index in [1.54, 1.807) is 25.3 Å². The molecule has 0 aliphatic rings. The Kier molecular flexibility index (Phi) is 8.70. The molecular weight excluding hydrogens is 497 g/mol. The molecule has 0 unspecified atom stereocenters. The third kappa shape index (κ3) is 6.93. The summed E-state index contributed by atoms with van der Waals surface area (Å²) in [5.41, 5.74) is 10.9. The number of fused-ring (bicyclic) bond motifs is 1. The van der Waals surface area contributed by atoms with E-state index in [-0.39, 0.29) is 25.5 Å². The summed E-state index contributed by atoms with van der Waals surface area (Å²) in [5.74, 6) is 0.187. The number of ether oxygens (including phenoxy) is 2. The second-order valence-electron chi connectivity index (χ2n) is 8.77. The highest BCUT2D eigenvalue weighted by Gasteiger charge is 2.26. The Balaban J connectivity index is 1.65. The van der Waals surface area contributed by atoms with Gasteiger partial charge in [0.2, 0.25) is 0 Å². The highest BCUT2D eigenvalue weighted by molar-refractivity contribution is 5.89. The van der Waals surface area contributed by atoms with Gasteiger partial charge in [0, 0.05) is 35.2 Å². The van der Waals surface area contributed by atoms with Crippen molar-refractivity contribution in [1.82, 2.24) is 5.32 Å². The second-order valence-corrected chi connectivity index (χ2v) is 8.77. The van der Waals surface area contributed by atoms with Crippen LogP contribution in [-0.4, -0.2) is 25.3 Å². The maximum Gasteiger partial charge on any atom is 0.401 e. The molecule has 6 nitrogen and oxygen atoms in total. The molecule has 4 rings (SSSR count). The van der Waals surface area contributed by atoms with Crippen LogP contribution in [0, 0.1) is 0 Å². The molecule has 0 saturated heterocycles. The lowest BCUT2D eigenvalue weighted by Crippen LogP contribution is -2.28. The van der Waals surface area contributed by atoms with Crippen molar-refractivity contribution in [2.45, 2.75) is 39.2 Å². The molecule has 0 aliphatic heterocycles. The molecule has 200 valence electrons. The normalized spacial score (nSPS) is 11.6. The Morgan fingerprint density at radius 2 is 1.82 bits per heavy atom. The molecule has 38 heavy (non-hydrogen) atoms. The molecule has 3 aromatic carbocycles. The zero-order valence-electron chi connectivity index (χ0n) is 20.9. The molecule has 0 aliphatic carbocycles. The molecule has 1 heterocycles. The maximum atomic E-state index is 12.8. The van der Waals surface area contributed by atoms with Gasteiger partial charge in [-0.05, 0) is 47.9 Å². The van der Waals surface area contributed by atoms with Crippen LogP contribution in [0.15, 0.2) is 71.3 Å². The minimum absolute atomic E-state index is 0.0311. The van der Waals surface area contributed by atoms with Gasteiger partial charge in [0.25, 0.3) is 0 Å². The predicted octanol–water partition coefficient (Wildman–Crippen LogP) is 5.90. The fourth-order valence-electron chi connectivity index (χ4n) is 4.20.